The van der Waals surface area contributed by atoms with E-state index in [0.29, 0.717) is 34.8 Å². The molecule has 1 saturated heterocycles. The van der Waals surface area contributed by atoms with Crippen LogP contribution >= 0.6 is 11.6 Å². The Balaban J connectivity index is 1.67. The highest BCUT2D eigenvalue weighted by atomic mass is 35.5. The first-order valence-electron chi connectivity index (χ1n) is 10.9. The Kier molecular flexibility index (Phi) is 6.40. The summed E-state index contributed by atoms with van der Waals surface area (Å²) in [5.74, 6) is 0.580. The molecule has 1 aliphatic heterocycles. The molecule has 2 atom stereocenters. The van der Waals surface area contributed by atoms with Crippen LogP contribution in [0.2, 0.25) is 5.02 Å². The third-order valence-electron chi connectivity index (χ3n) is 6.01. The average Bonchev–Trinajstić information content (AvgIpc) is 3.20. The van der Waals surface area contributed by atoms with Gasteiger partial charge in [-0.2, -0.15) is 0 Å². The molecule has 0 aromatic heterocycles. The molecule has 1 fully saturated rings. The monoisotopic (exact) mass is 502 g/mol. The van der Waals surface area contributed by atoms with Gasteiger partial charge in [0.15, 0.2) is 0 Å². The molecule has 0 radical (unpaired) electrons. The van der Waals surface area contributed by atoms with Crippen LogP contribution in [0.15, 0.2) is 65.6 Å². The predicted octanol–water partition coefficient (Wildman–Crippen LogP) is 5.84. The quantitative estimate of drug-likeness (QED) is 0.457. The molecule has 7 nitrogen and oxygen atoms in total. The number of ether oxygens (including phenoxy) is 1. The van der Waals surface area contributed by atoms with Crippen molar-refractivity contribution in [2.24, 2.45) is 5.41 Å². The lowest BCUT2D eigenvalue weighted by molar-refractivity contribution is 0.0578. The Morgan fingerprint density at radius 2 is 1.71 bits per heavy atom. The second kappa shape index (κ2) is 9.00. The maximum Gasteiger partial charge on any atom is 0.407 e. The summed E-state index contributed by atoms with van der Waals surface area (Å²) in [6, 6.07) is 16.4. The van der Waals surface area contributed by atoms with Crippen molar-refractivity contribution >= 4 is 44.2 Å². The van der Waals surface area contributed by atoms with Crippen molar-refractivity contribution in [1.29, 1.82) is 0 Å². The lowest BCUT2D eigenvalue weighted by Gasteiger charge is -2.36. The minimum absolute atomic E-state index is 0.106. The second-order valence-electron chi connectivity index (χ2n) is 9.45. The standard InChI is InChI=1S/C25H27ClN2O5S/c1-25(2,3)23-22(14-15-28(23)24(29)30)33-21-13-12-20(18-6-4-5-7-19(18)21)27-34(31,32)17-10-8-16(26)9-11-17/h4-13,22-23,27H,14-15H2,1-3H3,(H,29,30)/t22-,23?/m1/s1. The van der Waals surface area contributed by atoms with E-state index in [1.54, 1.807) is 12.1 Å². The molecule has 4 rings (SSSR count). The summed E-state index contributed by atoms with van der Waals surface area (Å²) >= 11 is 5.89. The first-order chi connectivity index (χ1) is 16.0. The van der Waals surface area contributed by atoms with Crippen LogP contribution in [0, 0.1) is 5.41 Å². The molecule has 9 heteroatoms. The number of amides is 1. The minimum Gasteiger partial charge on any atom is -0.488 e. The van der Waals surface area contributed by atoms with Crippen LogP contribution in [-0.2, 0) is 10.0 Å². The Labute approximate surface area is 204 Å². The number of fused-ring (bicyclic) bond motifs is 1. The van der Waals surface area contributed by atoms with Crippen LogP contribution < -0.4 is 9.46 Å². The summed E-state index contributed by atoms with van der Waals surface area (Å²) in [6.45, 7) is 6.41. The molecule has 3 aromatic rings. The maximum atomic E-state index is 12.9. The fraction of sp³-hybridized carbons (Fsp3) is 0.320. The molecule has 3 aromatic carbocycles. The number of benzene rings is 3. The highest BCUT2D eigenvalue weighted by Gasteiger charge is 2.45. The average molecular weight is 503 g/mol. The topological polar surface area (TPSA) is 95.9 Å². The van der Waals surface area contributed by atoms with Gasteiger partial charge in [-0.25, -0.2) is 13.2 Å². The molecule has 1 amide bonds. The van der Waals surface area contributed by atoms with Crippen LogP contribution in [0.3, 0.4) is 0 Å². The first-order valence-corrected chi connectivity index (χ1v) is 12.8. The number of likely N-dealkylation sites (tertiary alicyclic amines) is 1. The normalized spacial score (nSPS) is 18.8. The molecule has 0 spiro atoms. The summed E-state index contributed by atoms with van der Waals surface area (Å²) in [4.78, 5) is 13.3. The Morgan fingerprint density at radius 1 is 1.06 bits per heavy atom. The number of hydrogen-bond acceptors (Lipinski definition) is 4. The van der Waals surface area contributed by atoms with E-state index in [0.717, 1.165) is 5.39 Å². The van der Waals surface area contributed by atoms with Crippen LogP contribution in [0.25, 0.3) is 10.8 Å². The Hall–Kier alpha value is -2.97. The van der Waals surface area contributed by atoms with Crippen LogP contribution in [0.4, 0.5) is 10.5 Å². The van der Waals surface area contributed by atoms with Crippen molar-refractivity contribution in [3.8, 4) is 5.75 Å². The third kappa shape index (κ3) is 4.79. The summed E-state index contributed by atoms with van der Waals surface area (Å²) in [5, 5.41) is 11.5. The predicted molar refractivity (Wildman–Crippen MR) is 133 cm³/mol. The number of rotatable bonds is 5. The number of anilines is 1. The molecular formula is C25H27ClN2O5S. The van der Waals surface area contributed by atoms with Crippen molar-refractivity contribution in [3.05, 3.63) is 65.7 Å². The Bertz CT molecular complexity index is 1320. The van der Waals surface area contributed by atoms with E-state index in [1.165, 1.54) is 29.2 Å². The molecule has 2 N–H and O–H groups in total. The zero-order valence-electron chi connectivity index (χ0n) is 19.2. The van der Waals surface area contributed by atoms with Gasteiger partial charge in [0, 0.05) is 28.8 Å². The van der Waals surface area contributed by atoms with Gasteiger partial charge in [0.05, 0.1) is 16.6 Å². The number of sulfonamides is 1. The van der Waals surface area contributed by atoms with Crippen LogP contribution in [0.5, 0.6) is 5.75 Å². The molecule has 180 valence electrons. The molecular weight excluding hydrogens is 476 g/mol. The molecule has 1 heterocycles. The van der Waals surface area contributed by atoms with E-state index in [4.69, 9.17) is 16.3 Å². The summed E-state index contributed by atoms with van der Waals surface area (Å²) < 4.78 is 34.9. The fourth-order valence-corrected chi connectivity index (χ4v) is 5.78. The van der Waals surface area contributed by atoms with Gasteiger partial charge in [-0.1, -0.05) is 56.6 Å². The lowest BCUT2D eigenvalue weighted by atomic mass is 9.84. The number of hydrogen-bond donors (Lipinski definition) is 2. The molecule has 0 aliphatic carbocycles. The van der Waals surface area contributed by atoms with Crippen molar-refractivity contribution in [1.82, 2.24) is 4.90 Å². The Morgan fingerprint density at radius 3 is 2.32 bits per heavy atom. The molecule has 0 bridgehead atoms. The van der Waals surface area contributed by atoms with Crippen molar-refractivity contribution in [3.63, 3.8) is 0 Å². The van der Waals surface area contributed by atoms with Gasteiger partial charge in [0.2, 0.25) is 0 Å². The minimum atomic E-state index is -3.82. The van der Waals surface area contributed by atoms with Gasteiger partial charge < -0.3 is 14.7 Å². The van der Waals surface area contributed by atoms with E-state index < -0.39 is 16.1 Å². The van der Waals surface area contributed by atoms with Gasteiger partial charge in [-0.3, -0.25) is 4.72 Å². The second-order valence-corrected chi connectivity index (χ2v) is 11.6. The smallest absolute Gasteiger partial charge is 0.407 e. The highest BCUT2D eigenvalue weighted by Crippen LogP contribution is 2.39. The molecule has 0 saturated carbocycles. The first kappa shape index (κ1) is 24.2. The molecule has 1 aliphatic rings. The number of halogens is 1. The van der Waals surface area contributed by atoms with E-state index in [1.807, 2.05) is 45.0 Å². The van der Waals surface area contributed by atoms with Crippen molar-refractivity contribution < 1.29 is 23.1 Å². The van der Waals surface area contributed by atoms with Gasteiger partial charge in [-0.15, -0.1) is 0 Å². The number of carbonyl (C=O) groups is 1. The highest BCUT2D eigenvalue weighted by molar-refractivity contribution is 7.92. The number of nitrogens with zero attached hydrogens (tertiary/aromatic N) is 1. The summed E-state index contributed by atoms with van der Waals surface area (Å²) in [6.07, 6.45) is -0.702. The number of nitrogens with one attached hydrogen (secondary N) is 1. The van der Waals surface area contributed by atoms with Crippen molar-refractivity contribution in [2.75, 3.05) is 11.3 Å². The third-order valence-corrected chi connectivity index (χ3v) is 7.64. The van der Waals surface area contributed by atoms with Gasteiger partial charge in [0.25, 0.3) is 10.0 Å². The largest absolute Gasteiger partial charge is 0.488 e. The lowest BCUT2D eigenvalue weighted by Crippen LogP contribution is -2.48. The van der Waals surface area contributed by atoms with Crippen molar-refractivity contribution in [2.45, 2.75) is 44.2 Å². The van der Waals surface area contributed by atoms with E-state index in [2.05, 4.69) is 4.72 Å². The van der Waals surface area contributed by atoms with E-state index >= 15 is 0 Å². The van der Waals surface area contributed by atoms with Gasteiger partial charge >= 0.3 is 6.09 Å². The SMILES string of the molecule is CC(C)(C)C1[C@H](Oc2ccc(NS(=O)(=O)c3ccc(Cl)cc3)c3ccccc23)CCN1C(=O)O. The fourth-order valence-electron chi connectivity index (χ4n) is 4.57. The maximum absolute atomic E-state index is 12.9. The van der Waals surface area contributed by atoms with Gasteiger partial charge in [-0.05, 0) is 41.8 Å². The van der Waals surface area contributed by atoms with Gasteiger partial charge in [0.1, 0.15) is 11.9 Å². The molecule has 1 unspecified atom stereocenters. The van der Waals surface area contributed by atoms with E-state index in [9.17, 15) is 18.3 Å². The van der Waals surface area contributed by atoms with E-state index in [-0.39, 0.29) is 22.5 Å². The zero-order valence-corrected chi connectivity index (χ0v) is 20.7. The zero-order chi connectivity index (χ0) is 24.7. The van der Waals surface area contributed by atoms with Crippen LogP contribution in [0.1, 0.15) is 27.2 Å². The molecule has 34 heavy (non-hydrogen) atoms. The summed E-state index contributed by atoms with van der Waals surface area (Å²) in [7, 11) is -3.82. The number of carboxylic acid groups (broad SMARTS) is 1. The van der Waals surface area contributed by atoms with Crippen LogP contribution in [-0.4, -0.2) is 43.2 Å². The summed E-state index contributed by atoms with van der Waals surface area (Å²) in [5.41, 5.74) is 0.104.